The zero-order chi connectivity index (χ0) is 14.6. The Morgan fingerprint density at radius 2 is 1.78 bits per heavy atom. The zero-order valence-electron chi connectivity index (χ0n) is 12.0. The molecule has 1 amide bonds. The number of carboxylic acids is 1. The molecular formula is C13H26N2O3. The minimum atomic E-state index is -0.998. The highest BCUT2D eigenvalue weighted by molar-refractivity contribution is 5.87. The molecule has 5 nitrogen and oxygen atoms in total. The molecule has 5 heteroatoms. The molecule has 4 N–H and O–H groups in total. The SMILES string of the molecule is CCCC[C@H](NC(=O)C(C)(C)C(C)(C)N)C(=O)O. The maximum atomic E-state index is 12.1. The lowest BCUT2D eigenvalue weighted by Gasteiger charge is -2.37. The molecule has 0 saturated heterocycles. The van der Waals surface area contributed by atoms with Crippen molar-refractivity contribution in [2.75, 3.05) is 0 Å². The second-order valence-corrected chi connectivity index (χ2v) is 5.85. The molecule has 0 saturated carbocycles. The minimum absolute atomic E-state index is 0.321. The van der Waals surface area contributed by atoms with E-state index in [0.29, 0.717) is 6.42 Å². The van der Waals surface area contributed by atoms with E-state index in [4.69, 9.17) is 10.8 Å². The van der Waals surface area contributed by atoms with E-state index in [9.17, 15) is 9.59 Å². The van der Waals surface area contributed by atoms with E-state index in [2.05, 4.69) is 5.32 Å². The van der Waals surface area contributed by atoms with Crippen LogP contribution in [-0.4, -0.2) is 28.6 Å². The van der Waals surface area contributed by atoms with Gasteiger partial charge in [0.2, 0.25) is 5.91 Å². The summed E-state index contributed by atoms with van der Waals surface area (Å²) in [6.07, 6.45) is 2.10. The third-order valence-electron chi connectivity index (χ3n) is 3.63. The predicted molar refractivity (Wildman–Crippen MR) is 71.1 cm³/mol. The second kappa shape index (κ2) is 6.18. The van der Waals surface area contributed by atoms with E-state index < -0.39 is 23.0 Å². The van der Waals surface area contributed by atoms with Gasteiger partial charge in [0.25, 0.3) is 0 Å². The normalized spacial score (nSPS) is 14.1. The highest BCUT2D eigenvalue weighted by Crippen LogP contribution is 2.28. The van der Waals surface area contributed by atoms with Gasteiger partial charge in [0.15, 0.2) is 0 Å². The van der Waals surface area contributed by atoms with Crippen LogP contribution in [0.1, 0.15) is 53.9 Å². The first-order valence-electron chi connectivity index (χ1n) is 6.36. The summed E-state index contributed by atoms with van der Waals surface area (Å²) < 4.78 is 0. The fourth-order valence-electron chi connectivity index (χ4n) is 1.30. The second-order valence-electron chi connectivity index (χ2n) is 5.85. The third-order valence-corrected chi connectivity index (χ3v) is 3.63. The average molecular weight is 258 g/mol. The van der Waals surface area contributed by atoms with Gasteiger partial charge in [-0.25, -0.2) is 4.79 Å². The molecule has 0 unspecified atom stereocenters. The van der Waals surface area contributed by atoms with Gasteiger partial charge in [0.1, 0.15) is 6.04 Å². The maximum Gasteiger partial charge on any atom is 0.326 e. The number of carboxylic acid groups (broad SMARTS) is 1. The molecule has 0 radical (unpaired) electrons. The van der Waals surface area contributed by atoms with Gasteiger partial charge < -0.3 is 16.2 Å². The Morgan fingerprint density at radius 3 is 2.11 bits per heavy atom. The van der Waals surface area contributed by atoms with Crippen molar-refractivity contribution in [3.05, 3.63) is 0 Å². The molecule has 0 heterocycles. The molecule has 0 bridgehead atoms. The number of aliphatic carboxylic acids is 1. The van der Waals surface area contributed by atoms with Crippen molar-refractivity contribution in [3.63, 3.8) is 0 Å². The van der Waals surface area contributed by atoms with Crippen molar-refractivity contribution >= 4 is 11.9 Å². The number of carbonyl (C=O) groups is 2. The van der Waals surface area contributed by atoms with Gasteiger partial charge in [-0.1, -0.05) is 19.8 Å². The van der Waals surface area contributed by atoms with E-state index in [0.717, 1.165) is 12.8 Å². The predicted octanol–water partition coefficient (Wildman–Crippen LogP) is 1.51. The molecule has 0 spiro atoms. The number of amides is 1. The standard InChI is InChI=1S/C13H26N2O3/c1-6-7-8-9(10(16)17)15-11(18)12(2,3)13(4,5)14/h9H,6-8,14H2,1-5H3,(H,15,18)(H,16,17)/t9-/m0/s1. The van der Waals surface area contributed by atoms with Crippen molar-refractivity contribution < 1.29 is 14.7 Å². The first-order chi connectivity index (χ1) is 8.04. The van der Waals surface area contributed by atoms with E-state index >= 15 is 0 Å². The van der Waals surface area contributed by atoms with Crippen LogP contribution >= 0.6 is 0 Å². The number of hydrogen-bond donors (Lipinski definition) is 3. The first-order valence-corrected chi connectivity index (χ1v) is 6.36. The van der Waals surface area contributed by atoms with Crippen LogP contribution in [0.4, 0.5) is 0 Å². The van der Waals surface area contributed by atoms with Gasteiger partial charge in [0.05, 0.1) is 5.41 Å². The van der Waals surface area contributed by atoms with Crippen molar-refractivity contribution in [2.24, 2.45) is 11.1 Å². The summed E-state index contributed by atoms with van der Waals surface area (Å²) >= 11 is 0. The van der Waals surface area contributed by atoms with Crippen LogP contribution in [0.3, 0.4) is 0 Å². The highest BCUT2D eigenvalue weighted by Gasteiger charge is 2.41. The Hall–Kier alpha value is -1.10. The molecular weight excluding hydrogens is 232 g/mol. The topological polar surface area (TPSA) is 92.4 Å². The Bertz CT molecular complexity index is 306. The lowest BCUT2D eigenvalue weighted by Crippen LogP contribution is -2.58. The molecule has 1 atom stereocenters. The fourth-order valence-corrected chi connectivity index (χ4v) is 1.30. The summed E-state index contributed by atoms with van der Waals surface area (Å²) in [6, 6.07) is -0.834. The summed E-state index contributed by atoms with van der Waals surface area (Å²) in [5.74, 6) is -1.32. The fraction of sp³-hybridized carbons (Fsp3) is 0.846. The van der Waals surface area contributed by atoms with Crippen LogP contribution in [0, 0.1) is 5.41 Å². The molecule has 0 rings (SSSR count). The molecule has 0 aromatic heterocycles. The lowest BCUT2D eigenvalue weighted by molar-refractivity contribution is -0.144. The van der Waals surface area contributed by atoms with Crippen molar-refractivity contribution in [1.82, 2.24) is 5.32 Å². The van der Waals surface area contributed by atoms with E-state index in [1.54, 1.807) is 27.7 Å². The summed E-state index contributed by atoms with van der Waals surface area (Å²) in [6.45, 7) is 8.94. The molecule has 0 aromatic carbocycles. The number of nitrogens with two attached hydrogens (primary N) is 1. The average Bonchev–Trinajstić information content (AvgIpc) is 2.21. The van der Waals surface area contributed by atoms with Crippen LogP contribution in [0.5, 0.6) is 0 Å². The Balaban J connectivity index is 4.75. The van der Waals surface area contributed by atoms with Crippen molar-refractivity contribution in [2.45, 2.75) is 65.5 Å². The lowest BCUT2D eigenvalue weighted by atomic mass is 9.74. The van der Waals surface area contributed by atoms with Gasteiger partial charge in [0, 0.05) is 5.54 Å². The van der Waals surface area contributed by atoms with Gasteiger partial charge in [-0.15, -0.1) is 0 Å². The van der Waals surface area contributed by atoms with E-state index in [1.165, 1.54) is 0 Å². The highest BCUT2D eigenvalue weighted by atomic mass is 16.4. The number of hydrogen-bond acceptors (Lipinski definition) is 3. The molecule has 0 aliphatic carbocycles. The van der Waals surface area contributed by atoms with Crippen LogP contribution in [0.2, 0.25) is 0 Å². The van der Waals surface area contributed by atoms with Crippen molar-refractivity contribution in [3.8, 4) is 0 Å². The maximum absolute atomic E-state index is 12.1. The van der Waals surface area contributed by atoms with Crippen LogP contribution in [-0.2, 0) is 9.59 Å². The van der Waals surface area contributed by atoms with Gasteiger partial charge in [-0.2, -0.15) is 0 Å². The Morgan fingerprint density at radius 1 is 1.28 bits per heavy atom. The number of nitrogens with one attached hydrogen (secondary N) is 1. The van der Waals surface area contributed by atoms with E-state index in [1.807, 2.05) is 6.92 Å². The van der Waals surface area contributed by atoms with Crippen LogP contribution < -0.4 is 11.1 Å². The van der Waals surface area contributed by atoms with Gasteiger partial charge in [-0.05, 0) is 34.1 Å². The minimum Gasteiger partial charge on any atom is -0.480 e. The number of rotatable bonds is 7. The summed E-state index contributed by atoms with van der Waals surface area (Å²) in [7, 11) is 0. The van der Waals surface area contributed by atoms with Gasteiger partial charge >= 0.3 is 5.97 Å². The molecule has 18 heavy (non-hydrogen) atoms. The molecule has 0 aliphatic heterocycles. The quantitative estimate of drug-likeness (QED) is 0.645. The number of carbonyl (C=O) groups excluding carboxylic acids is 1. The van der Waals surface area contributed by atoms with E-state index in [-0.39, 0.29) is 5.91 Å². The van der Waals surface area contributed by atoms with Crippen LogP contribution in [0.15, 0.2) is 0 Å². The molecule has 106 valence electrons. The largest absolute Gasteiger partial charge is 0.480 e. The Kier molecular flexibility index (Phi) is 5.80. The van der Waals surface area contributed by atoms with Crippen molar-refractivity contribution in [1.29, 1.82) is 0 Å². The van der Waals surface area contributed by atoms with Gasteiger partial charge in [-0.3, -0.25) is 4.79 Å². The molecule has 0 aromatic rings. The summed E-state index contributed by atoms with van der Waals surface area (Å²) in [5, 5.41) is 11.7. The smallest absolute Gasteiger partial charge is 0.326 e. The third kappa shape index (κ3) is 4.29. The Labute approximate surface area is 109 Å². The molecule has 0 fully saturated rings. The summed E-state index contributed by atoms with van der Waals surface area (Å²) in [5.41, 5.74) is 4.41. The molecule has 0 aliphatic rings. The zero-order valence-corrected chi connectivity index (χ0v) is 12.0. The van der Waals surface area contributed by atoms with Crippen LogP contribution in [0.25, 0.3) is 0 Å². The summed E-state index contributed by atoms with van der Waals surface area (Å²) in [4.78, 5) is 23.2. The monoisotopic (exact) mass is 258 g/mol. The first kappa shape index (κ1) is 16.9. The number of unbranched alkanes of at least 4 members (excludes halogenated alkanes) is 1.